The van der Waals surface area contributed by atoms with Gasteiger partial charge in [0.2, 0.25) is 10.0 Å². The number of nitrogens with one attached hydrogen (secondary N) is 1. The van der Waals surface area contributed by atoms with Gasteiger partial charge >= 0.3 is 0 Å². The molecule has 28 heavy (non-hydrogen) atoms. The van der Waals surface area contributed by atoms with Gasteiger partial charge in [-0.3, -0.25) is 0 Å². The molecule has 0 spiro atoms. The second kappa shape index (κ2) is 7.22. The van der Waals surface area contributed by atoms with Crippen LogP contribution in [0.1, 0.15) is 43.1 Å². The number of fused-ring (bicyclic) bond motifs is 3. The average molecular weight is 395 g/mol. The van der Waals surface area contributed by atoms with Gasteiger partial charge in [0.05, 0.1) is 10.9 Å². The third-order valence-electron chi connectivity index (χ3n) is 5.38. The van der Waals surface area contributed by atoms with E-state index in [1.54, 1.807) is 16.4 Å². The number of nitrogens with zero attached hydrogens (tertiary/aromatic N) is 1. The summed E-state index contributed by atoms with van der Waals surface area (Å²) < 4.78 is 28.8. The van der Waals surface area contributed by atoms with E-state index in [4.69, 9.17) is 0 Å². The molecule has 1 aliphatic rings. The van der Waals surface area contributed by atoms with Gasteiger partial charge < -0.3 is 4.98 Å². The molecule has 0 fully saturated rings. The molecule has 0 aliphatic carbocycles. The molecule has 3 aromatic rings. The maximum absolute atomic E-state index is 13.6. The highest BCUT2D eigenvalue weighted by molar-refractivity contribution is 7.89. The summed E-state index contributed by atoms with van der Waals surface area (Å²) in [5.41, 5.74) is 5.44. The highest BCUT2D eigenvalue weighted by Crippen LogP contribution is 2.37. The van der Waals surface area contributed by atoms with Gasteiger partial charge in [0.1, 0.15) is 0 Å². The van der Waals surface area contributed by atoms with Crippen LogP contribution in [-0.2, 0) is 16.4 Å². The fourth-order valence-corrected chi connectivity index (χ4v) is 5.62. The topological polar surface area (TPSA) is 53.2 Å². The first-order chi connectivity index (χ1) is 13.4. The minimum Gasteiger partial charge on any atom is -0.357 e. The Morgan fingerprint density at radius 3 is 2.54 bits per heavy atom. The summed E-state index contributed by atoms with van der Waals surface area (Å²) in [6, 6.07) is 15.0. The standard InChI is InChI=1S/C23H26N2O2S/c1-16(2)15-22-23-20(19-7-4-5-9-21(19)24-23)8-6-14-25(22)28(26,27)18-12-10-17(3)11-13-18/h4-5,7,9-13,15,22,24H,6,8,14H2,1-3H3. The molecular weight excluding hydrogens is 368 g/mol. The Kier molecular flexibility index (Phi) is 4.89. The highest BCUT2D eigenvalue weighted by atomic mass is 32.2. The fraction of sp³-hybridized carbons (Fsp3) is 0.304. The van der Waals surface area contributed by atoms with E-state index in [0.29, 0.717) is 11.4 Å². The zero-order valence-electron chi connectivity index (χ0n) is 16.6. The summed E-state index contributed by atoms with van der Waals surface area (Å²) in [6.45, 7) is 6.50. The van der Waals surface area contributed by atoms with E-state index in [2.05, 4.69) is 23.2 Å². The number of rotatable bonds is 3. The van der Waals surface area contributed by atoms with Gasteiger partial charge in [-0.25, -0.2) is 8.42 Å². The van der Waals surface area contributed by atoms with Gasteiger partial charge in [-0.2, -0.15) is 4.31 Å². The predicted molar refractivity (Wildman–Crippen MR) is 114 cm³/mol. The Bertz CT molecular complexity index is 1140. The Balaban J connectivity index is 1.89. The summed E-state index contributed by atoms with van der Waals surface area (Å²) in [6.07, 6.45) is 3.73. The van der Waals surface area contributed by atoms with Crippen LogP contribution in [0.2, 0.25) is 0 Å². The third kappa shape index (κ3) is 3.29. The van der Waals surface area contributed by atoms with Crippen LogP contribution in [0.15, 0.2) is 65.1 Å². The van der Waals surface area contributed by atoms with Crippen molar-refractivity contribution in [2.24, 2.45) is 0 Å². The van der Waals surface area contributed by atoms with Crippen molar-refractivity contribution in [2.75, 3.05) is 6.54 Å². The molecule has 1 aromatic heterocycles. The van der Waals surface area contributed by atoms with E-state index < -0.39 is 10.0 Å². The molecule has 4 rings (SSSR count). The molecule has 1 unspecified atom stereocenters. The number of aromatic amines is 1. The first-order valence-corrected chi connectivity index (χ1v) is 11.1. The number of para-hydroxylation sites is 1. The lowest BCUT2D eigenvalue weighted by molar-refractivity contribution is 0.368. The lowest BCUT2D eigenvalue weighted by Crippen LogP contribution is -2.34. The van der Waals surface area contributed by atoms with Crippen molar-refractivity contribution in [1.82, 2.24) is 9.29 Å². The van der Waals surface area contributed by atoms with Crippen LogP contribution in [0.25, 0.3) is 10.9 Å². The number of benzene rings is 2. The normalized spacial score (nSPS) is 17.9. The molecule has 1 N–H and O–H groups in total. The molecule has 146 valence electrons. The lowest BCUT2D eigenvalue weighted by Gasteiger charge is -2.28. The van der Waals surface area contributed by atoms with Crippen molar-refractivity contribution in [3.8, 4) is 0 Å². The van der Waals surface area contributed by atoms with Gasteiger partial charge in [-0.1, -0.05) is 47.5 Å². The third-order valence-corrected chi connectivity index (χ3v) is 7.27. The number of allylic oxidation sites excluding steroid dienone is 1. The maximum Gasteiger partial charge on any atom is 0.243 e. The van der Waals surface area contributed by atoms with Gasteiger partial charge in [0, 0.05) is 23.1 Å². The van der Waals surface area contributed by atoms with E-state index in [9.17, 15) is 8.42 Å². The Morgan fingerprint density at radius 2 is 1.82 bits per heavy atom. The zero-order valence-corrected chi connectivity index (χ0v) is 17.4. The molecule has 0 saturated carbocycles. The van der Waals surface area contributed by atoms with Crippen LogP contribution in [0.3, 0.4) is 0 Å². The summed E-state index contributed by atoms with van der Waals surface area (Å²) in [4.78, 5) is 3.88. The monoisotopic (exact) mass is 394 g/mol. The summed E-state index contributed by atoms with van der Waals surface area (Å²) in [7, 11) is -3.61. The zero-order chi connectivity index (χ0) is 19.9. The van der Waals surface area contributed by atoms with E-state index in [-0.39, 0.29) is 6.04 Å². The van der Waals surface area contributed by atoms with Crippen LogP contribution in [0.4, 0.5) is 0 Å². The second-order valence-electron chi connectivity index (χ2n) is 7.78. The van der Waals surface area contributed by atoms with E-state index in [1.807, 2.05) is 45.0 Å². The van der Waals surface area contributed by atoms with Gasteiger partial charge in [-0.15, -0.1) is 0 Å². The minimum absolute atomic E-state index is 0.332. The molecule has 5 heteroatoms. The molecule has 0 radical (unpaired) electrons. The van der Waals surface area contributed by atoms with E-state index in [1.165, 1.54) is 10.9 Å². The minimum atomic E-state index is -3.61. The SMILES string of the molecule is CC(C)=CC1c2[nH]c3ccccc3c2CCCN1S(=O)(=O)c1ccc(C)cc1. The van der Waals surface area contributed by atoms with E-state index in [0.717, 1.165) is 35.2 Å². The quantitative estimate of drug-likeness (QED) is 0.627. The fourth-order valence-electron chi connectivity index (χ4n) is 4.03. The first kappa shape index (κ1) is 19.0. The van der Waals surface area contributed by atoms with Crippen LogP contribution in [0.5, 0.6) is 0 Å². The van der Waals surface area contributed by atoms with Crippen molar-refractivity contribution < 1.29 is 8.42 Å². The molecule has 4 nitrogen and oxygen atoms in total. The van der Waals surface area contributed by atoms with Crippen molar-refractivity contribution >= 4 is 20.9 Å². The Hall–Kier alpha value is -2.37. The molecule has 2 aromatic carbocycles. The number of hydrogen-bond acceptors (Lipinski definition) is 2. The van der Waals surface area contributed by atoms with Crippen molar-refractivity contribution in [1.29, 1.82) is 0 Å². The molecule has 0 bridgehead atoms. The second-order valence-corrected chi connectivity index (χ2v) is 9.67. The highest BCUT2D eigenvalue weighted by Gasteiger charge is 2.35. The average Bonchev–Trinajstić information content (AvgIpc) is 2.93. The number of sulfonamides is 1. The molecule has 1 atom stereocenters. The van der Waals surface area contributed by atoms with Crippen molar-refractivity contribution in [2.45, 2.75) is 44.6 Å². The van der Waals surface area contributed by atoms with E-state index >= 15 is 0 Å². The van der Waals surface area contributed by atoms with Crippen LogP contribution in [0, 0.1) is 6.92 Å². The molecule has 0 saturated heterocycles. The van der Waals surface area contributed by atoms with Gasteiger partial charge in [0.25, 0.3) is 0 Å². The Morgan fingerprint density at radius 1 is 1.11 bits per heavy atom. The molecular formula is C23H26N2O2S. The van der Waals surface area contributed by atoms with Gasteiger partial charge in [0.15, 0.2) is 0 Å². The number of aromatic nitrogens is 1. The largest absolute Gasteiger partial charge is 0.357 e. The summed E-state index contributed by atoms with van der Waals surface area (Å²) in [5.74, 6) is 0. The van der Waals surface area contributed by atoms with Crippen molar-refractivity contribution in [3.63, 3.8) is 0 Å². The number of hydrogen-bond donors (Lipinski definition) is 1. The first-order valence-electron chi connectivity index (χ1n) is 9.71. The van der Waals surface area contributed by atoms with Gasteiger partial charge in [-0.05, 0) is 57.4 Å². The van der Waals surface area contributed by atoms with Crippen LogP contribution >= 0.6 is 0 Å². The van der Waals surface area contributed by atoms with Crippen LogP contribution in [-0.4, -0.2) is 24.3 Å². The van der Waals surface area contributed by atoms with Crippen molar-refractivity contribution in [3.05, 3.63) is 77.0 Å². The predicted octanol–water partition coefficient (Wildman–Crippen LogP) is 5.12. The molecule has 2 heterocycles. The molecule has 1 aliphatic heterocycles. The maximum atomic E-state index is 13.6. The number of H-pyrrole nitrogens is 1. The number of aryl methyl sites for hydroxylation is 2. The Labute approximate surface area is 166 Å². The summed E-state index contributed by atoms with van der Waals surface area (Å²) >= 11 is 0. The van der Waals surface area contributed by atoms with Crippen LogP contribution < -0.4 is 0 Å². The lowest BCUT2D eigenvalue weighted by atomic mass is 10.0. The molecule has 0 amide bonds. The smallest absolute Gasteiger partial charge is 0.243 e. The summed E-state index contributed by atoms with van der Waals surface area (Å²) in [5, 5.41) is 1.19.